The molecule has 0 heterocycles. The highest BCUT2D eigenvalue weighted by Crippen LogP contribution is 2.66. The summed E-state index contributed by atoms with van der Waals surface area (Å²) in [4.78, 5) is 25.7. The Balaban J connectivity index is 1.29. The molecule has 1 N–H and O–H groups in total. The van der Waals surface area contributed by atoms with Gasteiger partial charge >= 0.3 is 12.1 Å². The SMILES string of the molecule is O=C(COC(=O)C12C[C@@H]3C[C@@H](C1)CC(c1ccccc1)(C3)C2)Nc1ccc(Cl)cc1C(F)(F)F. The van der Waals surface area contributed by atoms with Gasteiger partial charge in [-0.25, -0.2) is 0 Å². The Morgan fingerprint density at radius 1 is 1.03 bits per heavy atom. The summed E-state index contributed by atoms with van der Waals surface area (Å²) in [5.41, 5.74) is -0.919. The number of amides is 1. The van der Waals surface area contributed by atoms with E-state index in [1.54, 1.807) is 0 Å². The first-order valence-corrected chi connectivity index (χ1v) is 11.9. The Morgan fingerprint density at radius 2 is 1.71 bits per heavy atom. The summed E-state index contributed by atoms with van der Waals surface area (Å²) < 4.78 is 45.3. The third-order valence-corrected chi connectivity index (χ3v) is 8.01. The van der Waals surface area contributed by atoms with Gasteiger partial charge in [-0.05, 0) is 79.5 Å². The number of hydrogen-bond acceptors (Lipinski definition) is 3. The zero-order valence-electron chi connectivity index (χ0n) is 18.5. The summed E-state index contributed by atoms with van der Waals surface area (Å²) in [5.74, 6) is -0.356. The van der Waals surface area contributed by atoms with Gasteiger partial charge in [-0.2, -0.15) is 13.2 Å². The monoisotopic (exact) mass is 491 g/mol. The van der Waals surface area contributed by atoms with Gasteiger partial charge in [0.15, 0.2) is 6.61 Å². The van der Waals surface area contributed by atoms with Crippen molar-refractivity contribution in [1.29, 1.82) is 0 Å². The van der Waals surface area contributed by atoms with E-state index in [9.17, 15) is 22.8 Å². The molecule has 0 saturated heterocycles. The van der Waals surface area contributed by atoms with Crippen LogP contribution in [0.25, 0.3) is 0 Å². The number of hydrogen-bond donors (Lipinski definition) is 1. The number of ether oxygens (including phenoxy) is 1. The van der Waals surface area contributed by atoms with Crippen LogP contribution >= 0.6 is 11.6 Å². The maximum atomic E-state index is 13.3. The maximum Gasteiger partial charge on any atom is 0.418 e. The highest BCUT2D eigenvalue weighted by Gasteiger charge is 2.61. The molecule has 0 spiro atoms. The zero-order chi connectivity index (χ0) is 24.1. The molecule has 6 rings (SSSR count). The van der Waals surface area contributed by atoms with Crippen molar-refractivity contribution in [2.24, 2.45) is 17.3 Å². The molecule has 4 saturated carbocycles. The van der Waals surface area contributed by atoms with E-state index >= 15 is 0 Å². The molecular formula is C26H25ClF3NO3. The second kappa shape index (κ2) is 8.29. The van der Waals surface area contributed by atoms with Gasteiger partial charge in [-0.15, -0.1) is 0 Å². The lowest BCUT2D eigenvalue weighted by atomic mass is 9.43. The van der Waals surface area contributed by atoms with Crippen LogP contribution in [0.3, 0.4) is 0 Å². The van der Waals surface area contributed by atoms with Gasteiger partial charge in [-0.1, -0.05) is 41.9 Å². The molecule has 4 nitrogen and oxygen atoms in total. The van der Waals surface area contributed by atoms with Crippen molar-refractivity contribution in [1.82, 2.24) is 0 Å². The third-order valence-electron chi connectivity index (χ3n) is 7.78. The standard InChI is InChI=1S/C26H25ClF3NO3/c27-19-6-7-21(20(9-19)26(28,29)30)31-22(32)14-34-23(33)25-12-16-8-17(13-25)11-24(10-16,15-25)18-4-2-1-3-5-18/h1-7,9,16-17H,8,10-15H2,(H,31,32)/t16-,17-,24?,25?/m1/s1. The minimum absolute atomic E-state index is 0.0580. The highest BCUT2D eigenvalue weighted by molar-refractivity contribution is 6.30. The second-order valence-corrected chi connectivity index (χ2v) is 10.6. The molecule has 4 aliphatic carbocycles. The lowest BCUT2D eigenvalue weighted by Crippen LogP contribution is -2.57. The lowest BCUT2D eigenvalue weighted by molar-refractivity contribution is -0.175. The number of esters is 1. The number of carbonyl (C=O) groups excluding carboxylic acids is 2. The van der Waals surface area contributed by atoms with Crippen molar-refractivity contribution in [3.05, 3.63) is 64.7 Å². The molecule has 0 radical (unpaired) electrons. The number of carbonyl (C=O) groups is 2. The topological polar surface area (TPSA) is 55.4 Å². The second-order valence-electron chi connectivity index (χ2n) is 10.2. The van der Waals surface area contributed by atoms with Crippen LogP contribution in [0, 0.1) is 17.3 Å². The molecule has 2 aromatic carbocycles. The van der Waals surface area contributed by atoms with Crippen molar-refractivity contribution < 1.29 is 27.5 Å². The predicted molar refractivity (Wildman–Crippen MR) is 121 cm³/mol. The Labute approximate surface area is 200 Å². The van der Waals surface area contributed by atoms with Crippen LogP contribution in [0.2, 0.25) is 5.02 Å². The molecule has 4 bridgehead atoms. The van der Waals surface area contributed by atoms with Crippen molar-refractivity contribution in [2.45, 2.75) is 50.1 Å². The molecule has 2 aromatic rings. The van der Waals surface area contributed by atoms with Crippen molar-refractivity contribution in [3.63, 3.8) is 0 Å². The fourth-order valence-electron chi connectivity index (χ4n) is 6.96. The summed E-state index contributed by atoms with van der Waals surface area (Å²) in [7, 11) is 0. The van der Waals surface area contributed by atoms with Gasteiger partial charge in [0.1, 0.15) is 0 Å². The van der Waals surface area contributed by atoms with Gasteiger partial charge in [0.25, 0.3) is 5.91 Å². The Bertz CT molecular complexity index is 1100. The van der Waals surface area contributed by atoms with Crippen LogP contribution in [-0.2, 0) is 25.9 Å². The summed E-state index contributed by atoms with van der Waals surface area (Å²) in [6.45, 7) is -0.631. The maximum absolute atomic E-state index is 13.3. The van der Waals surface area contributed by atoms with Gasteiger partial charge < -0.3 is 10.1 Å². The van der Waals surface area contributed by atoms with Crippen LogP contribution in [-0.4, -0.2) is 18.5 Å². The largest absolute Gasteiger partial charge is 0.455 e. The van der Waals surface area contributed by atoms with E-state index in [0.717, 1.165) is 44.2 Å². The predicted octanol–water partition coefficient (Wildman–Crippen LogP) is 6.38. The number of alkyl halides is 3. The smallest absolute Gasteiger partial charge is 0.418 e. The van der Waals surface area contributed by atoms with Gasteiger partial charge in [0.05, 0.1) is 16.7 Å². The van der Waals surface area contributed by atoms with E-state index in [-0.39, 0.29) is 10.4 Å². The fourth-order valence-corrected chi connectivity index (χ4v) is 7.13. The van der Waals surface area contributed by atoms with Gasteiger partial charge in [-0.3, -0.25) is 9.59 Å². The molecule has 1 amide bonds. The first kappa shape index (κ1) is 23.2. The van der Waals surface area contributed by atoms with Crippen molar-refractivity contribution >= 4 is 29.2 Å². The Morgan fingerprint density at radius 3 is 2.35 bits per heavy atom. The molecule has 4 aliphatic rings. The van der Waals surface area contributed by atoms with Crippen LogP contribution in [0.15, 0.2) is 48.5 Å². The minimum Gasteiger partial charge on any atom is -0.455 e. The summed E-state index contributed by atoms with van der Waals surface area (Å²) in [6, 6.07) is 13.4. The average molecular weight is 492 g/mol. The molecule has 8 heteroatoms. The van der Waals surface area contributed by atoms with E-state index < -0.39 is 41.3 Å². The minimum atomic E-state index is -4.69. The Kier molecular flexibility index (Phi) is 5.66. The van der Waals surface area contributed by atoms with E-state index in [1.807, 2.05) is 18.2 Å². The molecular weight excluding hydrogens is 467 g/mol. The number of halogens is 4. The fraction of sp³-hybridized carbons (Fsp3) is 0.462. The van der Waals surface area contributed by atoms with Crippen LogP contribution in [0.5, 0.6) is 0 Å². The van der Waals surface area contributed by atoms with Crippen LogP contribution in [0.4, 0.5) is 18.9 Å². The third kappa shape index (κ3) is 4.19. The molecule has 0 aromatic heterocycles. The van der Waals surface area contributed by atoms with Crippen LogP contribution in [0.1, 0.15) is 49.7 Å². The van der Waals surface area contributed by atoms with Gasteiger partial charge in [0.2, 0.25) is 0 Å². The molecule has 2 atom stereocenters. The lowest BCUT2D eigenvalue weighted by Gasteiger charge is -2.61. The zero-order valence-corrected chi connectivity index (χ0v) is 19.2. The van der Waals surface area contributed by atoms with E-state index in [4.69, 9.17) is 16.3 Å². The summed E-state index contributed by atoms with van der Waals surface area (Å²) >= 11 is 5.69. The van der Waals surface area contributed by atoms with E-state index in [2.05, 4.69) is 17.4 Å². The summed E-state index contributed by atoms with van der Waals surface area (Å²) in [5, 5.41) is 2.12. The number of rotatable bonds is 5. The first-order chi connectivity index (χ1) is 16.1. The summed E-state index contributed by atoms with van der Waals surface area (Å²) in [6.07, 6.45) is 0.713. The van der Waals surface area contributed by atoms with Gasteiger partial charge in [0, 0.05) is 5.02 Å². The number of anilines is 1. The number of benzene rings is 2. The molecule has 0 unspecified atom stereocenters. The Hall–Kier alpha value is -2.54. The molecule has 34 heavy (non-hydrogen) atoms. The quantitative estimate of drug-likeness (QED) is 0.494. The first-order valence-electron chi connectivity index (χ1n) is 11.5. The molecule has 180 valence electrons. The normalized spacial score (nSPS) is 29.6. The average Bonchev–Trinajstić information content (AvgIpc) is 2.78. The van der Waals surface area contributed by atoms with E-state index in [1.165, 1.54) is 11.6 Å². The van der Waals surface area contributed by atoms with Crippen LogP contribution < -0.4 is 5.32 Å². The highest BCUT2D eigenvalue weighted by atomic mass is 35.5. The van der Waals surface area contributed by atoms with Crippen molar-refractivity contribution in [3.8, 4) is 0 Å². The molecule has 4 fully saturated rings. The number of nitrogens with one attached hydrogen (secondary N) is 1. The molecule has 0 aliphatic heterocycles. The van der Waals surface area contributed by atoms with E-state index in [0.29, 0.717) is 18.3 Å². The van der Waals surface area contributed by atoms with Crippen molar-refractivity contribution in [2.75, 3.05) is 11.9 Å².